The monoisotopic (exact) mass is 462 g/mol. The number of pyridine rings is 1. The maximum absolute atomic E-state index is 6.23. The number of hydrogen-bond donors (Lipinski definition) is 1. The van der Waals surface area contributed by atoms with Gasteiger partial charge in [-0.1, -0.05) is 0 Å². The number of nitrogens with one attached hydrogen (secondary N) is 1. The summed E-state index contributed by atoms with van der Waals surface area (Å²) in [4.78, 5) is 8.77. The number of hydrogen-bond acceptors (Lipinski definition) is 4. The molecule has 1 aliphatic rings. The third-order valence-electron chi connectivity index (χ3n) is 3.62. The van der Waals surface area contributed by atoms with E-state index in [0.29, 0.717) is 16.7 Å². The number of allylic oxidation sites excluding steroid dienone is 5. The van der Waals surface area contributed by atoms with Gasteiger partial charge in [0.15, 0.2) is 0 Å². The molecule has 0 saturated carbocycles. The standard InChI is InChI=1S/C18H14ClIN5/c1-12-4-2-5-13(10-20-12)17-23-18(16-6-3-9-25(16)24-17)22-15-7-8-21-11-14(15)19/h2-11H,1H3,(H,21,22,23,24)/q-1. The third kappa shape index (κ3) is 3.45. The normalized spacial score (nSPS) is 14.5. The van der Waals surface area contributed by atoms with Gasteiger partial charge in [0.25, 0.3) is 0 Å². The number of anilines is 2. The molecule has 0 unspecified atom stereocenters. The Morgan fingerprint density at radius 1 is 1.28 bits per heavy atom. The molecule has 126 valence electrons. The fourth-order valence-corrected chi connectivity index (χ4v) is 4.27. The van der Waals surface area contributed by atoms with Crippen LogP contribution in [0.5, 0.6) is 0 Å². The minimum atomic E-state index is -0.141. The van der Waals surface area contributed by atoms with Crippen molar-refractivity contribution >= 4 is 34.2 Å². The first-order valence-corrected chi connectivity index (χ1v) is 10.3. The molecule has 4 rings (SSSR count). The molecule has 4 heterocycles. The van der Waals surface area contributed by atoms with Crippen molar-refractivity contribution in [2.24, 2.45) is 0 Å². The predicted octanol–water partition coefficient (Wildman–Crippen LogP) is 1.42. The van der Waals surface area contributed by atoms with Gasteiger partial charge in [-0.2, -0.15) is 0 Å². The van der Waals surface area contributed by atoms with Crippen LogP contribution in [0.2, 0.25) is 5.02 Å². The van der Waals surface area contributed by atoms with Gasteiger partial charge in [0.05, 0.1) is 0 Å². The molecule has 25 heavy (non-hydrogen) atoms. The Morgan fingerprint density at radius 2 is 2.20 bits per heavy atom. The Kier molecular flexibility index (Phi) is 4.54. The maximum atomic E-state index is 6.23. The molecular formula is C18H14ClIN5-. The van der Waals surface area contributed by atoms with Crippen LogP contribution in [0.1, 0.15) is 12.7 Å². The van der Waals surface area contributed by atoms with Crippen LogP contribution in [0.25, 0.3) is 11.1 Å². The predicted molar refractivity (Wildman–Crippen MR) is 96.4 cm³/mol. The van der Waals surface area contributed by atoms with Gasteiger partial charge in [-0.15, -0.1) is 0 Å². The van der Waals surface area contributed by atoms with Crippen LogP contribution in [-0.4, -0.2) is 19.6 Å². The topological polar surface area (TPSA) is 55.1 Å². The van der Waals surface area contributed by atoms with Crippen molar-refractivity contribution in [1.29, 1.82) is 0 Å². The molecule has 0 radical (unpaired) electrons. The van der Waals surface area contributed by atoms with Crippen molar-refractivity contribution in [2.75, 3.05) is 5.32 Å². The summed E-state index contributed by atoms with van der Waals surface area (Å²) in [6, 6.07) is 5.74. The first kappa shape index (κ1) is 16.3. The Labute approximate surface area is 160 Å². The van der Waals surface area contributed by atoms with E-state index in [1.807, 2.05) is 28.9 Å². The molecule has 3 aromatic rings. The van der Waals surface area contributed by atoms with Crippen LogP contribution in [-0.2, 0) is 0 Å². The molecule has 3 aromatic heterocycles. The molecule has 0 bridgehead atoms. The van der Waals surface area contributed by atoms with Crippen molar-refractivity contribution in [3.05, 3.63) is 73.5 Å². The Balaban J connectivity index is 1.79. The number of halogens is 2. The van der Waals surface area contributed by atoms with Gasteiger partial charge < -0.3 is 0 Å². The fourth-order valence-electron chi connectivity index (χ4n) is 2.38. The van der Waals surface area contributed by atoms with Crippen molar-refractivity contribution in [3.8, 4) is 0 Å². The van der Waals surface area contributed by atoms with Crippen LogP contribution in [0.15, 0.2) is 62.7 Å². The summed E-state index contributed by atoms with van der Waals surface area (Å²) < 4.78 is 5.49. The summed E-state index contributed by atoms with van der Waals surface area (Å²) in [6.45, 7) is 2.16. The van der Waals surface area contributed by atoms with Crippen molar-refractivity contribution in [3.63, 3.8) is 0 Å². The van der Waals surface area contributed by atoms with Crippen LogP contribution >= 0.6 is 11.6 Å². The van der Waals surface area contributed by atoms with Crippen LogP contribution in [0, 0.1) is 0 Å². The molecule has 0 spiro atoms. The number of fused-ring (bicyclic) bond motifs is 1. The van der Waals surface area contributed by atoms with E-state index in [1.54, 1.807) is 12.4 Å². The third-order valence-corrected chi connectivity index (χ3v) is 6.25. The van der Waals surface area contributed by atoms with Gasteiger partial charge in [-0.25, -0.2) is 0 Å². The summed E-state index contributed by atoms with van der Waals surface area (Å²) in [5.41, 5.74) is 2.69. The molecule has 0 aromatic carbocycles. The van der Waals surface area contributed by atoms with E-state index in [1.165, 1.54) is 3.58 Å². The first-order chi connectivity index (χ1) is 12.2. The molecule has 1 N–H and O–H groups in total. The second kappa shape index (κ2) is 6.97. The zero-order valence-corrected chi connectivity index (χ0v) is 16.2. The number of aromatic nitrogens is 4. The van der Waals surface area contributed by atoms with E-state index in [0.717, 1.165) is 16.8 Å². The van der Waals surface area contributed by atoms with Gasteiger partial charge in [-0.05, 0) is 0 Å². The second-order valence-electron chi connectivity index (χ2n) is 5.39. The van der Waals surface area contributed by atoms with Crippen molar-refractivity contribution in [1.82, 2.24) is 19.6 Å². The number of rotatable bonds is 3. The molecule has 0 fully saturated rings. The summed E-state index contributed by atoms with van der Waals surface area (Å²) in [5, 5.41) is 8.50. The van der Waals surface area contributed by atoms with Gasteiger partial charge >= 0.3 is 161 Å². The zero-order chi connectivity index (χ0) is 17.2. The number of nitrogens with zero attached hydrogens (tertiary/aromatic N) is 4. The quantitative estimate of drug-likeness (QED) is 0.599. The van der Waals surface area contributed by atoms with Crippen LogP contribution in [0.4, 0.5) is 11.5 Å². The van der Waals surface area contributed by atoms with Gasteiger partial charge in [0.2, 0.25) is 0 Å². The summed E-state index contributed by atoms with van der Waals surface area (Å²) in [5.74, 6) is 1.40. The molecule has 0 saturated heterocycles. The second-order valence-corrected chi connectivity index (χ2v) is 8.74. The van der Waals surface area contributed by atoms with Crippen molar-refractivity contribution in [2.45, 2.75) is 6.92 Å². The Morgan fingerprint density at radius 3 is 3.08 bits per heavy atom. The van der Waals surface area contributed by atoms with Gasteiger partial charge in [0, 0.05) is 0 Å². The summed E-state index contributed by atoms with van der Waals surface area (Å²) in [7, 11) is 0. The molecule has 5 nitrogen and oxygen atoms in total. The van der Waals surface area contributed by atoms with E-state index in [2.05, 4.69) is 44.6 Å². The van der Waals surface area contributed by atoms with Crippen LogP contribution in [0.3, 0.4) is 0 Å². The molecule has 7 heteroatoms. The van der Waals surface area contributed by atoms with Crippen LogP contribution < -0.4 is 26.5 Å². The first-order valence-electron chi connectivity index (χ1n) is 7.61. The average Bonchev–Trinajstić information content (AvgIpc) is 2.98. The Bertz CT molecular complexity index is 1030. The van der Waals surface area contributed by atoms with E-state index < -0.39 is 0 Å². The zero-order valence-electron chi connectivity index (χ0n) is 13.3. The van der Waals surface area contributed by atoms with Gasteiger partial charge in [0.1, 0.15) is 0 Å². The van der Waals surface area contributed by atoms with Gasteiger partial charge in [-0.3, -0.25) is 0 Å². The van der Waals surface area contributed by atoms with E-state index in [-0.39, 0.29) is 21.2 Å². The Hall–Kier alpha value is -2.19. The molecule has 0 atom stereocenters. The molecule has 0 aliphatic carbocycles. The average molecular weight is 463 g/mol. The summed E-state index contributed by atoms with van der Waals surface area (Å²) in [6.07, 6.45) is 11.5. The fraction of sp³-hybridized carbons (Fsp3) is 0.0556. The SMILES string of the molecule is CC1=CC=CC(c2nc(Nc3ccncc3Cl)c3cccn3n2)=C[I-]1. The summed E-state index contributed by atoms with van der Waals surface area (Å²) >= 11 is 6.08. The van der Waals surface area contributed by atoms with E-state index in [9.17, 15) is 0 Å². The molecule has 0 amide bonds. The van der Waals surface area contributed by atoms with E-state index >= 15 is 0 Å². The van der Waals surface area contributed by atoms with Crippen molar-refractivity contribution < 1.29 is 21.2 Å². The molecule has 1 aliphatic heterocycles. The van der Waals surface area contributed by atoms with E-state index in [4.69, 9.17) is 16.6 Å². The minimum absolute atomic E-state index is 0.141. The molecular weight excluding hydrogens is 449 g/mol.